The van der Waals surface area contributed by atoms with Crippen LogP contribution >= 0.6 is 0 Å². The molecule has 0 amide bonds. The molecule has 0 bridgehead atoms. The first-order chi connectivity index (χ1) is 55.4. The molecule has 8 rings (SSSR count). The zero-order valence-electron chi connectivity index (χ0n) is 71.9. The van der Waals surface area contributed by atoms with Crippen molar-refractivity contribution in [2.45, 2.75) is 182 Å². The molecule has 0 aromatic heterocycles. The van der Waals surface area contributed by atoms with Crippen molar-refractivity contribution in [3.05, 3.63) is 237 Å². The summed E-state index contributed by atoms with van der Waals surface area (Å²) >= 11 is 0. The van der Waals surface area contributed by atoms with E-state index in [1.807, 2.05) is 146 Å². The minimum Gasteiger partial charge on any atom is -0.872 e. The predicted molar refractivity (Wildman–Crippen MR) is 412 cm³/mol. The maximum absolute atomic E-state index is 13.5. The second kappa shape index (κ2) is 53.5. The fourth-order valence-electron chi connectivity index (χ4n) is 12.2. The molecular weight excluding hydrogens is 1760 g/mol. The summed E-state index contributed by atoms with van der Waals surface area (Å²) in [6, 6.07) is 55.5. The number of hydrogen-bond donors (Lipinski definition) is 4. The zero-order valence-corrected chi connectivity index (χ0v) is 76.8. The Morgan fingerprint density at radius 2 is 0.402 bits per heavy atom. The van der Waals surface area contributed by atoms with Crippen LogP contribution in [-0.2, 0) is 82.0 Å². The summed E-state index contributed by atoms with van der Waals surface area (Å²) in [6.07, 6.45) is 16.0. The molecule has 0 spiro atoms. The van der Waals surface area contributed by atoms with E-state index in [4.69, 9.17) is 74.5 Å². The number of hydrogen-bond acceptors (Lipinski definition) is 24. The van der Waals surface area contributed by atoms with Crippen molar-refractivity contribution in [2.24, 2.45) is 20.0 Å². The van der Waals surface area contributed by atoms with Gasteiger partial charge in [0, 0.05) is 24.9 Å². The maximum Gasteiger partial charge on any atom is 2.00 e. The Labute approximate surface area is 748 Å². The molecule has 122 heavy (non-hydrogen) atoms. The van der Waals surface area contributed by atoms with Gasteiger partial charge in [-0.25, -0.2) is 74.5 Å². The second-order valence-corrected chi connectivity index (χ2v) is 36.5. The molecule has 678 valence electrons. The van der Waals surface area contributed by atoms with Gasteiger partial charge in [0.05, 0.1) is 77.1 Å². The number of nitrogens with one attached hydrogen (secondary N) is 4. The van der Waals surface area contributed by atoms with Crippen molar-refractivity contribution in [2.75, 3.05) is 54.4 Å². The molecule has 4 N–H and O–H groups in total. The van der Waals surface area contributed by atoms with E-state index in [0.717, 1.165) is 145 Å². The van der Waals surface area contributed by atoms with Crippen LogP contribution in [0.3, 0.4) is 0 Å². The van der Waals surface area contributed by atoms with Gasteiger partial charge in [-0.05, 0) is 188 Å². The van der Waals surface area contributed by atoms with Crippen LogP contribution in [0.25, 0.3) is 0 Å². The molecular formula is C88H116Cl4Cu2N8O20. The van der Waals surface area contributed by atoms with Gasteiger partial charge >= 0.3 is 34.1 Å². The first kappa shape index (κ1) is 113. The van der Waals surface area contributed by atoms with Crippen molar-refractivity contribution in [1.29, 1.82) is 0 Å². The van der Waals surface area contributed by atoms with Crippen LogP contribution in [-0.4, -0.2) is 79.2 Å². The predicted octanol–water partition coefficient (Wildman–Crippen LogP) is -6.59. The Balaban J connectivity index is 0.000000981. The van der Waals surface area contributed by atoms with E-state index in [9.17, 15) is 20.4 Å². The molecule has 0 heterocycles. The summed E-state index contributed by atoms with van der Waals surface area (Å²) in [6.45, 7) is 33.1. The first-order valence-corrected chi connectivity index (χ1v) is 43.8. The molecule has 34 heteroatoms. The van der Waals surface area contributed by atoms with E-state index >= 15 is 0 Å². The van der Waals surface area contributed by atoms with Crippen LogP contribution in [0.15, 0.2) is 190 Å². The average molecular weight is 1870 g/mol. The summed E-state index contributed by atoms with van der Waals surface area (Å²) in [7, 11) is -11.0. The average Bonchev–Trinajstić information content (AvgIpc) is 0.822. The molecule has 8 aromatic rings. The van der Waals surface area contributed by atoms with Gasteiger partial charge in [-0.2, -0.15) is 0 Å². The van der Waals surface area contributed by atoms with Crippen LogP contribution in [0.5, 0.6) is 23.0 Å². The van der Waals surface area contributed by atoms with Gasteiger partial charge in [0.25, 0.3) is 0 Å². The Morgan fingerprint density at radius 3 is 0.541 bits per heavy atom. The molecule has 4 atom stereocenters. The van der Waals surface area contributed by atoms with Crippen molar-refractivity contribution < 1.29 is 190 Å². The number of rotatable bonds is 30. The van der Waals surface area contributed by atoms with Gasteiger partial charge in [-0.1, -0.05) is 227 Å². The quantitative estimate of drug-likeness (QED) is 0.0185. The Kier molecular flexibility index (Phi) is 49.6. The molecule has 0 aliphatic heterocycles. The van der Waals surface area contributed by atoms with Gasteiger partial charge in [0.2, 0.25) is 0 Å². The largest absolute Gasteiger partial charge is 2.00 e. The summed E-state index contributed by atoms with van der Waals surface area (Å²) < 4.78 is 136. The second-order valence-electron chi connectivity index (χ2n) is 33.5. The third-order valence-electron chi connectivity index (χ3n) is 18.6. The van der Waals surface area contributed by atoms with Crippen molar-refractivity contribution in [1.82, 2.24) is 0 Å². The molecule has 4 unspecified atom stereocenters. The van der Waals surface area contributed by atoms with Crippen LogP contribution in [0.4, 0.5) is 22.7 Å². The minimum atomic E-state index is -4.94. The monoisotopic (exact) mass is 1870 g/mol. The number of quaternary nitrogens is 4. The Morgan fingerprint density at radius 1 is 0.254 bits per heavy atom. The van der Waals surface area contributed by atoms with Crippen LogP contribution in [0, 0.1) is 41.0 Å². The normalized spacial score (nSPS) is 13.2. The SMILES string of the molecule is C[NH+](CCCCCC[NH+](C)Cc1cc(C(C)(C)C)cc(C=Nc2ccccc2)c1[O-])Cc1cc(C(C)(C)C)cc(C=Nc2ccccc2)c1[O-].C[NH+](CCCCCC[NH+](C)Cc1cc(C(C)(C)C)cc(C=Nc2ccccc2)c1[O-])Cc1cc(C(C)(C)C)cc(C=Nc2ccccc2)c1[O-].[Cu+2].[Cu+2].[O-][Cl+3]([O-])([O-])[O-].[O-][Cl+3]([O-])([O-])[O-].[O-][Cl+3]([O-])([O-])[O-].[O-][Cl+3]([O-])([O-])[O-]. The molecule has 8 aromatic carbocycles. The fourth-order valence-corrected chi connectivity index (χ4v) is 12.2. The molecule has 0 aliphatic rings. The molecule has 0 aliphatic carbocycles. The van der Waals surface area contributed by atoms with Crippen molar-refractivity contribution >= 4 is 47.6 Å². The number of unbranched alkanes of at least 4 members (excludes halogenated alkanes) is 6. The first-order valence-electron chi connectivity index (χ1n) is 38.9. The van der Waals surface area contributed by atoms with E-state index < -0.39 is 41.0 Å². The number of halogens is 4. The van der Waals surface area contributed by atoms with Gasteiger partial charge in [-0.15, -0.1) is 41.0 Å². The number of para-hydroxylation sites is 4. The topological polar surface area (TPSA) is 528 Å². The van der Waals surface area contributed by atoms with Crippen LogP contribution < -0.4 is 115 Å². The minimum absolute atomic E-state index is 0. The van der Waals surface area contributed by atoms with E-state index in [0.29, 0.717) is 48.4 Å². The summed E-state index contributed by atoms with van der Waals surface area (Å²) in [5.74, 6) is 0.307. The molecule has 0 fully saturated rings. The van der Waals surface area contributed by atoms with E-state index in [1.54, 1.807) is 24.9 Å². The number of aliphatic imine (C=N–C) groups is 4. The molecule has 2 radical (unpaired) electrons. The summed E-state index contributed by atoms with van der Waals surface area (Å²) in [4.78, 5) is 23.7. The molecule has 0 saturated heterocycles. The van der Waals surface area contributed by atoms with Crippen LogP contribution in [0.1, 0.15) is 201 Å². The third kappa shape index (κ3) is 50.9. The van der Waals surface area contributed by atoms with Crippen LogP contribution in [0.2, 0.25) is 0 Å². The van der Waals surface area contributed by atoms with E-state index in [1.165, 1.54) is 19.6 Å². The Hall–Kier alpha value is -6.96. The maximum atomic E-state index is 13.5. The fraction of sp³-hybridized carbons (Fsp3) is 0.409. The van der Waals surface area contributed by atoms with Gasteiger partial charge < -0.3 is 40.0 Å². The van der Waals surface area contributed by atoms with Crippen molar-refractivity contribution in [3.63, 3.8) is 0 Å². The van der Waals surface area contributed by atoms with Gasteiger partial charge in [0.15, 0.2) is 0 Å². The number of nitrogens with zero attached hydrogens (tertiary/aromatic N) is 4. The van der Waals surface area contributed by atoms with E-state index in [-0.39, 0.29) is 78.8 Å². The standard InChI is InChI=1S/2C44H58N4O2.4ClHO4.2Cu/c2*1-43(2,3)37-25-33(29-45-39-19-13-11-14-20-39)41(49)35(27-37)31-47(7)23-17-9-10-18-24-48(8)32-36-28-38(44(4,5)6)26-34(42(36)50)30-46-40-21-15-12-16-22-40;4*2-1(3,4)5;;/h2*11-16,19-22,25-30,49-50H,9-10,17-18,23-24,31-32H2,1-8H3;4*(H,2,3,4,5);;/q;;;;;;2*+2/p-4. The molecule has 0 saturated carbocycles. The van der Waals surface area contributed by atoms with Gasteiger partial charge in [-0.3, -0.25) is 20.0 Å². The molecule has 28 nitrogen and oxygen atoms in total. The zero-order chi connectivity index (χ0) is 90.6. The third-order valence-corrected chi connectivity index (χ3v) is 18.6. The summed E-state index contributed by atoms with van der Waals surface area (Å²) in [5.41, 5.74) is 13.8. The van der Waals surface area contributed by atoms with Crippen molar-refractivity contribution in [3.8, 4) is 23.0 Å². The smallest absolute Gasteiger partial charge is 0.872 e. The summed E-state index contributed by atoms with van der Waals surface area (Å²) in [5, 5.41) is 53.9. The number of benzene rings is 8. The van der Waals surface area contributed by atoms with Gasteiger partial charge in [0.1, 0.15) is 26.2 Å². The van der Waals surface area contributed by atoms with E-state index in [2.05, 4.69) is 156 Å². The Bertz CT molecular complexity index is 3870.